The molecule has 2 aromatic carbocycles. The number of aromatic amines is 1. The molecule has 0 atom stereocenters. The van der Waals surface area contributed by atoms with E-state index in [2.05, 4.69) is 35.4 Å². The lowest BCUT2D eigenvalue weighted by Crippen LogP contribution is -2.40. The molecule has 2 N–H and O–H groups in total. The number of pyridine rings is 1. The molecule has 0 aliphatic carbocycles. The minimum atomic E-state index is -0.0743. The van der Waals surface area contributed by atoms with Gasteiger partial charge >= 0.3 is 0 Å². The van der Waals surface area contributed by atoms with Crippen LogP contribution in [0.15, 0.2) is 53.3 Å². The number of H-pyrrole nitrogens is 1. The highest BCUT2D eigenvalue weighted by atomic mass is 32.1. The van der Waals surface area contributed by atoms with Gasteiger partial charge in [-0.15, -0.1) is 0 Å². The third-order valence-electron chi connectivity index (χ3n) is 5.20. The quantitative estimate of drug-likeness (QED) is 0.383. The van der Waals surface area contributed by atoms with E-state index in [1.54, 1.807) is 0 Å². The summed E-state index contributed by atoms with van der Waals surface area (Å²) in [6.45, 7) is 9.31. The maximum Gasteiger partial charge on any atom is 0.253 e. The number of hydrogen-bond acceptors (Lipinski definition) is 3. The van der Waals surface area contributed by atoms with Crippen molar-refractivity contribution in [2.24, 2.45) is 0 Å². The molecule has 0 spiro atoms. The van der Waals surface area contributed by atoms with Gasteiger partial charge in [-0.1, -0.05) is 36.4 Å². The summed E-state index contributed by atoms with van der Waals surface area (Å²) < 4.78 is 5.40. The van der Waals surface area contributed by atoms with Crippen molar-refractivity contribution in [3.8, 4) is 0 Å². The van der Waals surface area contributed by atoms with E-state index >= 15 is 0 Å². The summed E-state index contributed by atoms with van der Waals surface area (Å²) in [5, 5.41) is 5.03. The predicted molar refractivity (Wildman–Crippen MR) is 131 cm³/mol. The molecule has 0 radical (unpaired) electrons. The molecular formula is C25H31N3O2S. The minimum absolute atomic E-state index is 0.0743. The average Bonchev–Trinajstić information content (AvgIpc) is 2.74. The second-order valence-corrected chi connectivity index (χ2v) is 8.18. The van der Waals surface area contributed by atoms with E-state index in [0.717, 1.165) is 40.6 Å². The van der Waals surface area contributed by atoms with E-state index in [1.165, 1.54) is 0 Å². The molecule has 0 aliphatic rings. The zero-order chi connectivity index (χ0) is 22.2. The molecule has 164 valence electrons. The fraction of sp³-hybridized carbons (Fsp3) is 0.360. The third kappa shape index (κ3) is 6.39. The first-order chi connectivity index (χ1) is 15.0. The Morgan fingerprint density at radius 3 is 2.65 bits per heavy atom. The number of aromatic nitrogens is 1. The first-order valence-corrected chi connectivity index (χ1v) is 11.2. The van der Waals surface area contributed by atoms with Crippen LogP contribution in [0.25, 0.3) is 10.9 Å². The van der Waals surface area contributed by atoms with Crippen LogP contribution in [0, 0.1) is 13.8 Å². The molecule has 5 nitrogen and oxygen atoms in total. The van der Waals surface area contributed by atoms with Crippen molar-refractivity contribution in [3.63, 3.8) is 0 Å². The molecule has 31 heavy (non-hydrogen) atoms. The highest BCUT2D eigenvalue weighted by Gasteiger charge is 2.14. The van der Waals surface area contributed by atoms with E-state index in [9.17, 15) is 4.79 Å². The van der Waals surface area contributed by atoms with E-state index < -0.39 is 0 Å². The first kappa shape index (κ1) is 23.0. The summed E-state index contributed by atoms with van der Waals surface area (Å²) in [4.78, 5) is 17.9. The molecular weight excluding hydrogens is 406 g/mol. The number of nitrogens with zero attached hydrogens (tertiary/aromatic N) is 1. The molecule has 0 saturated carbocycles. The van der Waals surface area contributed by atoms with Crippen LogP contribution in [0.1, 0.15) is 35.6 Å². The van der Waals surface area contributed by atoms with Crippen molar-refractivity contribution in [3.05, 3.63) is 81.1 Å². The van der Waals surface area contributed by atoms with E-state index in [4.69, 9.17) is 17.0 Å². The number of rotatable bonds is 9. The maximum absolute atomic E-state index is 12.8. The van der Waals surface area contributed by atoms with Crippen LogP contribution < -0.4 is 10.9 Å². The predicted octanol–water partition coefficient (Wildman–Crippen LogP) is 4.45. The Bertz CT molecular complexity index is 1080. The Hall–Kier alpha value is -2.70. The van der Waals surface area contributed by atoms with Gasteiger partial charge in [-0.2, -0.15) is 0 Å². The molecule has 0 unspecified atom stereocenters. The number of nitrogens with one attached hydrogen (secondary N) is 2. The molecule has 1 heterocycles. The van der Waals surface area contributed by atoms with Crippen molar-refractivity contribution in [2.75, 3.05) is 19.8 Å². The standard InChI is InChI=1S/C25H31N3O2S/c1-4-30-12-8-11-26-25(31)28(16-20-9-6-5-7-10-20)17-21-15-22-19(3)13-18(2)14-23(22)27-24(21)29/h5-7,9-10,13-15H,4,8,11-12,16-17H2,1-3H3,(H,26,31)(H,27,29). The smallest absolute Gasteiger partial charge is 0.253 e. The Kier molecular flexibility index (Phi) is 8.20. The topological polar surface area (TPSA) is 57.4 Å². The summed E-state index contributed by atoms with van der Waals surface area (Å²) >= 11 is 5.70. The Morgan fingerprint density at radius 2 is 1.90 bits per heavy atom. The van der Waals surface area contributed by atoms with Gasteiger partial charge in [0.25, 0.3) is 5.56 Å². The average molecular weight is 438 g/mol. The lowest BCUT2D eigenvalue weighted by Gasteiger charge is -2.26. The van der Waals surface area contributed by atoms with Gasteiger partial charge in [0.2, 0.25) is 0 Å². The molecule has 0 amide bonds. The van der Waals surface area contributed by atoms with Gasteiger partial charge in [0.1, 0.15) is 0 Å². The van der Waals surface area contributed by atoms with Crippen LogP contribution in [-0.4, -0.2) is 34.8 Å². The SMILES string of the molecule is CCOCCCNC(=S)N(Cc1ccccc1)Cc1cc2c(C)cc(C)cc2[nH]c1=O. The number of fused-ring (bicyclic) bond motifs is 1. The maximum atomic E-state index is 12.8. The van der Waals surface area contributed by atoms with Crippen molar-refractivity contribution < 1.29 is 4.74 Å². The molecule has 3 rings (SSSR count). The number of ether oxygens (including phenoxy) is 1. The Balaban J connectivity index is 1.82. The molecule has 6 heteroatoms. The lowest BCUT2D eigenvalue weighted by molar-refractivity contribution is 0.145. The number of benzene rings is 2. The van der Waals surface area contributed by atoms with Crippen LogP contribution in [0.4, 0.5) is 0 Å². The van der Waals surface area contributed by atoms with Crippen molar-refractivity contribution in [2.45, 2.75) is 40.3 Å². The largest absolute Gasteiger partial charge is 0.382 e. The van der Waals surface area contributed by atoms with Gasteiger partial charge in [-0.05, 0) is 68.2 Å². The third-order valence-corrected chi connectivity index (χ3v) is 5.60. The van der Waals surface area contributed by atoms with E-state index in [1.807, 2.05) is 49.1 Å². The van der Waals surface area contributed by atoms with Crippen molar-refractivity contribution in [1.82, 2.24) is 15.2 Å². The van der Waals surface area contributed by atoms with Crippen LogP contribution in [0.2, 0.25) is 0 Å². The summed E-state index contributed by atoms with van der Waals surface area (Å²) in [5.41, 5.74) is 4.93. The van der Waals surface area contributed by atoms with Crippen LogP contribution in [0.5, 0.6) is 0 Å². The first-order valence-electron chi connectivity index (χ1n) is 10.8. The molecule has 0 aliphatic heterocycles. The number of hydrogen-bond donors (Lipinski definition) is 2. The molecule has 0 bridgehead atoms. The highest BCUT2D eigenvalue weighted by molar-refractivity contribution is 7.80. The van der Waals surface area contributed by atoms with Crippen LogP contribution >= 0.6 is 12.2 Å². The van der Waals surface area contributed by atoms with Crippen molar-refractivity contribution in [1.29, 1.82) is 0 Å². The molecule has 0 saturated heterocycles. The van der Waals surface area contributed by atoms with Gasteiger partial charge in [0.15, 0.2) is 5.11 Å². The zero-order valence-electron chi connectivity index (χ0n) is 18.5. The van der Waals surface area contributed by atoms with Crippen LogP contribution in [-0.2, 0) is 17.8 Å². The van der Waals surface area contributed by atoms with Gasteiger partial charge in [0, 0.05) is 42.8 Å². The fourth-order valence-electron chi connectivity index (χ4n) is 3.67. The second kappa shape index (κ2) is 11.1. The minimum Gasteiger partial charge on any atom is -0.382 e. The Labute approximate surface area is 189 Å². The van der Waals surface area contributed by atoms with Crippen molar-refractivity contribution >= 4 is 28.2 Å². The summed E-state index contributed by atoms with van der Waals surface area (Å²) in [6, 6.07) is 16.3. The van der Waals surface area contributed by atoms with E-state index in [0.29, 0.717) is 37.0 Å². The lowest BCUT2D eigenvalue weighted by atomic mass is 10.0. The van der Waals surface area contributed by atoms with Gasteiger partial charge in [-0.3, -0.25) is 4.79 Å². The summed E-state index contributed by atoms with van der Waals surface area (Å²) in [6.07, 6.45) is 0.877. The zero-order valence-corrected chi connectivity index (χ0v) is 19.3. The highest BCUT2D eigenvalue weighted by Crippen LogP contribution is 2.19. The fourth-order valence-corrected chi connectivity index (χ4v) is 3.90. The van der Waals surface area contributed by atoms with Gasteiger partial charge < -0.3 is 19.9 Å². The number of thiocarbonyl (C=S) groups is 1. The summed E-state index contributed by atoms with van der Waals surface area (Å²) in [7, 11) is 0. The van der Waals surface area contributed by atoms with Gasteiger partial charge in [0.05, 0.1) is 6.54 Å². The second-order valence-electron chi connectivity index (χ2n) is 7.79. The monoisotopic (exact) mass is 437 g/mol. The van der Waals surface area contributed by atoms with Gasteiger partial charge in [-0.25, -0.2) is 0 Å². The van der Waals surface area contributed by atoms with E-state index in [-0.39, 0.29) is 5.56 Å². The van der Waals surface area contributed by atoms with Crippen LogP contribution in [0.3, 0.4) is 0 Å². The number of aryl methyl sites for hydroxylation is 2. The molecule has 3 aromatic rings. The molecule has 1 aromatic heterocycles. The normalized spacial score (nSPS) is 10.9. The Morgan fingerprint density at radius 1 is 1.13 bits per heavy atom. The molecule has 0 fully saturated rings. The summed E-state index contributed by atoms with van der Waals surface area (Å²) in [5.74, 6) is 0.